The summed E-state index contributed by atoms with van der Waals surface area (Å²) in [5.41, 5.74) is 1.43. The van der Waals surface area contributed by atoms with Gasteiger partial charge in [-0.2, -0.15) is 0 Å². The topological polar surface area (TPSA) is 29.5 Å². The summed E-state index contributed by atoms with van der Waals surface area (Å²) >= 11 is 3.70. The molecule has 0 spiro atoms. The van der Waals surface area contributed by atoms with Crippen LogP contribution in [0.4, 0.5) is 0 Å². The van der Waals surface area contributed by atoms with Gasteiger partial charge >= 0.3 is 0 Å². The van der Waals surface area contributed by atoms with Crippen molar-refractivity contribution in [3.8, 4) is 5.75 Å². The number of aromatic hydroxyl groups is 1. The number of rotatable bonds is 4. The third-order valence-electron chi connectivity index (χ3n) is 4.28. The maximum absolute atomic E-state index is 9.59. The normalized spacial score (nSPS) is 31.7. The van der Waals surface area contributed by atoms with Crippen LogP contribution in [0.1, 0.15) is 24.8 Å². The largest absolute Gasteiger partial charge is 0.508 e. The van der Waals surface area contributed by atoms with Gasteiger partial charge in [0.15, 0.2) is 0 Å². The second-order valence-corrected chi connectivity index (χ2v) is 6.28. The van der Waals surface area contributed by atoms with E-state index < -0.39 is 0 Å². The summed E-state index contributed by atoms with van der Waals surface area (Å²) in [4.78, 5) is 0. The molecule has 2 unspecified atom stereocenters. The van der Waals surface area contributed by atoms with E-state index >= 15 is 0 Å². The molecular weight excluding hydrogens is 292 g/mol. The molecule has 3 rings (SSSR count). The van der Waals surface area contributed by atoms with Crippen LogP contribution in [0.5, 0.6) is 5.75 Å². The van der Waals surface area contributed by atoms with E-state index in [4.69, 9.17) is 4.74 Å². The molecule has 2 fully saturated rings. The monoisotopic (exact) mass is 310 g/mol. The van der Waals surface area contributed by atoms with Gasteiger partial charge in [-0.3, -0.25) is 0 Å². The van der Waals surface area contributed by atoms with Gasteiger partial charge in [0.05, 0.1) is 6.10 Å². The van der Waals surface area contributed by atoms with Crippen LogP contribution < -0.4 is 0 Å². The molecule has 1 heterocycles. The maximum atomic E-state index is 9.59. The lowest BCUT2D eigenvalue weighted by Crippen LogP contribution is -2.36. The van der Waals surface area contributed by atoms with Crippen molar-refractivity contribution in [1.82, 2.24) is 0 Å². The van der Waals surface area contributed by atoms with Gasteiger partial charge in [-0.1, -0.05) is 28.1 Å². The molecule has 0 bridgehead atoms. The third-order valence-corrected chi connectivity index (χ3v) is 5.40. The molecule has 3 heteroatoms. The van der Waals surface area contributed by atoms with Crippen molar-refractivity contribution in [2.24, 2.45) is 11.3 Å². The second-order valence-electron chi connectivity index (χ2n) is 5.72. The number of ether oxygens (including phenoxy) is 1. The smallest absolute Gasteiger partial charge is 0.115 e. The number of benzene rings is 1. The fourth-order valence-corrected chi connectivity index (χ4v) is 3.99. The van der Waals surface area contributed by atoms with Crippen LogP contribution in [-0.4, -0.2) is 23.1 Å². The van der Waals surface area contributed by atoms with Gasteiger partial charge in [0.2, 0.25) is 0 Å². The van der Waals surface area contributed by atoms with E-state index in [-0.39, 0.29) is 5.41 Å². The van der Waals surface area contributed by atoms with Crippen molar-refractivity contribution in [3.05, 3.63) is 29.8 Å². The van der Waals surface area contributed by atoms with Crippen LogP contribution in [-0.2, 0) is 11.2 Å². The van der Waals surface area contributed by atoms with Gasteiger partial charge in [0, 0.05) is 17.4 Å². The van der Waals surface area contributed by atoms with Crippen LogP contribution in [0.25, 0.3) is 0 Å². The van der Waals surface area contributed by atoms with Crippen LogP contribution in [0.3, 0.4) is 0 Å². The van der Waals surface area contributed by atoms with Gasteiger partial charge in [-0.05, 0) is 49.3 Å². The average molecular weight is 311 g/mol. The number of hydrogen-bond donors (Lipinski definition) is 1. The highest BCUT2D eigenvalue weighted by Gasteiger charge is 2.50. The highest BCUT2D eigenvalue weighted by atomic mass is 79.9. The molecule has 1 aliphatic carbocycles. The second kappa shape index (κ2) is 4.86. The number of phenolic OH excluding ortho intramolecular Hbond substituents is 1. The average Bonchev–Trinajstić information content (AvgIpc) is 3.12. The highest BCUT2D eigenvalue weighted by molar-refractivity contribution is 9.09. The van der Waals surface area contributed by atoms with E-state index in [1.807, 2.05) is 12.1 Å². The predicted molar refractivity (Wildman–Crippen MR) is 75.1 cm³/mol. The molecule has 0 amide bonds. The van der Waals surface area contributed by atoms with E-state index in [0.717, 1.165) is 30.7 Å². The Balaban J connectivity index is 1.82. The molecule has 2 aliphatic rings. The van der Waals surface area contributed by atoms with E-state index in [1.54, 1.807) is 6.07 Å². The first-order valence-electron chi connectivity index (χ1n) is 6.69. The van der Waals surface area contributed by atoms with Gasteiger partial charge in [0.25, 0.3) is 0 Å². The Hall–Kier alpha value is -0.540. The van der Waals surface area contributed by atoms with Gasteiger partial charge in [-0.15, -0.1) is 0 Å². The first-order chi connectivity index (χ1) is 8.73. The molecule has 2 nitrogen and oxygen atoms in total. The quantitative estimate of drug-likeness (QED) is 0.862. The minimum atomic E-state index is 0.217. The molecular formula is C15H19BrO2. The Bertz CT molecular complexity index is 430. The number of hydrogen-bond acceptors (Lipinski definition) is 2. The third kappa shape index (κ3) is 2.30. The van der Waals surface area contributed by atoms with Crippen LogP contribution in [0, 0.1) is 11.3 Å². The summed E-state index contributed by atoms with van der Waals surface area (Å²) in [6.07, 6.45) is 5.15. The molecule has 18 heavy (non-hydrogen) atoms. The summed E-state index contributed by atoms with van der Waals surface area (Å²) < 4.78 is 5.99. The first kappa shape index (κ1) is 12.5. The molecule has 0 aromatic heterocycles. The number of halogens is 1. The van der Waals surface area contributed by atoms with Crippen molar-refractivity contribution >= 4 is 15.9 Å². The van der Waals surface area contributed by atoms with E-state index in [9.17, 15) is 5.11 Å². The molecule has 1 N–H and O–H groups in total. The SMILES string of the molecule is Oc1cccc(CC2(CBr)CCOC2C2CC2)c1. The zero-order chi connectivity index (χ0) is 12.6. The standard InChI is InChI=1S/C15H19BrO2/c16-10-15(6-7-18-14(15)12-4-5-12)9-11-2-1-3-13(17)8-11/h1-3,8,12,14,17H,4-7,9-10H2. The lowest BCUT2D eigenvalue weighted by Gasteiger charge is -2.32. The Morgan fingerprint density at radius 1 is 1.39 bits per heavy atom. The van der Waals surface area contributed by atoms with Crippen LogP contribution in [0.15, 0.2) is 24.3 Å². The molecule has 1 aromatic rings. The molecule has 1 saturated carbocycles. The number of phenols is 1. The van der Waals surface area contributed by atoms with Crippen LogP contribution in [0.2, 0.25) is 0 Å². The van der Waals surface area contributed by atoms with Crippen LogP contribution >= 0.6 is 15.9 Å². The summed E-state index contributed by atoms with van der Waals surface area (Å²) in [7, 11) is 0. The van der Waals surface area contributed by atoms with E-state index in [2.05, 4.69) is 22.0 Å². The van der Waals surface area contributed by atoms with Crippen molar-refractivity contribution in [2.45, 2.75) is 31.8 Å². The van der Waals surface area contributed by atoms with Crippen molar-refractivity contribution < 1.29 is 9.84 Å². The molecule has 1 saturated heterocycles. The van der Waals surface area contributed by atoms with Gasteiger partial charge < -0.3 is 9.84 Å². The Kier molecular flexibility index (Phi) is 3.37. The highest BCUT2D eigenvalue weighted by Crippen LogP contribution is 2.50. The van der Waals surface area contributed by atoms with Gasteiger partial charge in [-0.25, -0.2) is 0 Å². The summed E-state index contributed by atoms with van der Waals surface area (Å²) in [5.74, 6) is 1.13. The van der Waals surface area contributed by atoms with Crippen molar-refractivity contribution in [3.63, 3.8) is 0 Å². The molecule has 1 aliphatic heterocycles. The Labute approximate surface area is 116 Å². The van der Waals surface area contributed by atoms with Crippen molar-refractivity contribution in [1.29, 1.82) is 0 Å². The Morgan fingerprint density at radius 3 is 2.89 bits per heavy atom. The molecule has 0 radical (unpaired) electrons. The molecule has 2 atom stereocenters. The first-order valence-corrected chi connectivity index (χ1v) is 7.81. The fourth-order valence-electron chi connectivity index (χ4n) is 3.20. The summed E-state index contributed by atoms with van der Waals surface area (Å²) in [5, 5.41) is 10.6. The molecule has 98 valence electrons. The zero-order valence-electron chi connectivity index (χ0n) is 10.4. The fraction of sp³-hybridized carbons (Fsp3) is 0.600. The number of alkyl halides is 1. The van der Waals surface area contributed by atoms with Gasteiger partial charge in [0.1, 0.15) is 5.75 Å². The lowest BCUT2D eigenvalue weighted by molar-refractivity contribution is 0.0413. The summed E-state index contributed by atoms with van der Waals surface area (Å²) in [6.45, 7) is 0.881. The van der Waals surface area contributed by atoms with E-state index in [1.165, 1.54) is 18.4 Å². The van der Waals surface area contributed by atoms with Crippen molar-refractivity contribution in [2.75, 3.05) is 11.9 Å². The minimum Gasteiger partial charge on any atom is -0.508 e. The predicted octanol–water partition coefficient (Wildman–Crippen LogP) is 3.51. The molecule has 1 aromatic carbocycles. The minimum absolute atomic E-state index is 0.217. The van der Waals surface area contributed by atoms with E-state index in [0.29, 0.717) is 11.9 Å². The Morgan fingerprint density at radius 2 is 2.22 bits per heavy atom. The maximum Gasteiger partial charge on any atom is 0.115 e. The summed E-state index contributed by atoms with van der Waals surface area (Å²) in [6, 6.07) is 7.64. The zero-order valence-corrected chi connectivity index (χ0v) is 12.0. The lowest BCUT2D eigenvalue weighted by atomic mass is 9.76.